The summed E-state index contributed by atoms with van der Waals surface area (Å²) in [6.45, 7) is 3.79. The van der Waals surface area contributed by atoms with E-state index in [1.807, 2.05) is 50.4 Å². The number of amides is 1. The summed E-state index contributed by atoms with van der Waals surface area (Å²) >= 11 is 1.62. The molecule has 0 saturated heterocycles. The maximum Gasteiger partial charge on any atom is 0.248 e. The number of thioether (sulfide) groups is 1. The fourth-order valence-electron chi connectivity index (χ4n) is 3.88. The van der Waals surface area contributed by atoms with E-state index in [2.05, 4.69) is 5.32 Å². The van der Waals surface area contributed by atoms with Crippen molar-refractivity contribution in [3.8, 4) is 16.9 Å². The number of halogens is 1. The minimum Gasteiger partial charge on any atom is -0.496 e. The third-order valence-corrected chi connectivity index (χ3v) is 6.24. The second kappa shape index (κ2) is 9.55. The maximum absolute atomic E-state index is 13.4. The van der Waals surface area contributed by atoms with Crippen molar-refractivity contribution in [2.75, 3.05) is 18.7 Å². The topological polar surface area (TPSA) is 51.5 Å². The molecule has 0 aliphatic heterocycles. The number of anilines is 1. The predicted molar refractivity (Wildman–Crippen MR) is 133 cm³/mol. The summed E-state index contributed by atoms with van der Waals surface area (Å²) in [6, 6.07) is 15.9. The molecule has 1 heterocycles. The highest BCUT2D eigenvalue weighted by molar-refractivity contribution is 7.98. The lowest BCUT2D eigenvalue weighted by molar-refractivity contribution is -0.111. The molecular formula is C27H24FNO3S. The Morgan fingerprint density at radius 2 is 1.91 bits per heavy atom. The summed E-state index contributed by atoms with van der Waals surface area (Å²) in [5, 5.41) is 3.79. The van der Waals surface area contributed by atoms with Gasteiger partial charge in [-0.2, -0.15) is 0 Å². The zero-order valence-electron chi connectivity index (χ0n) is 18.9. The van der Waals surface area contributed by atoms with Crippen molar-refractivity contribution >= 4 is 39.9 Å². The Kier molecular flexibility index (Phi) is 6.56. The number of fused-ring (bicyclic) bond motifs is 1. The first-order valence-electron chi connectivity index (χ1n) is 10.4. The molecule has 0 aliphatic carbocycles. The van der Waals surface area contributed by atoms with Crippen LogP contribution in [0.5, 0.6) is 5.75 Å². The lowest BCUT2D eigenvalue weighted by Crippen LogP contribution is -2.08. The van der Waals surface area contributed by atoms with E-state index in [0.717, 1.165) is 43.8 Å². The second-order valence-electron chi connectivity index (χ2n) is 7.66. The standard InChI is InChI=1S/C27H24FNO3S/c1-16(12-25(30)29-20-6-5-7-21(13-20)33-4)22-14-23-24(18-8-10-19(28)11-9-18)15-32-27(23)17(2)26(22)31-3/h5-15H,1-4H3,(H,29,30)/b16-12+. The molecule has 3 aromatic carbocycles. The largest absolute Gasteiger partial charge is 0.496 e. The number of benzene rings is 3. The summed E-state index contributed by atoms with van der Waals surface area (Å²) in [6.07, 6.45) is 5.22. The Morgan fingerprint density at radius 3 is 2.61 bits per heavy atom. The Balaban J connectivity index is 1.74. The van der Waals surface area contributed by atoms with Crippen molar-refractivity contribution in [2.45, 2.75) is 18.7 Å². The number of hydrogen-bond acceptors (Lipinski definition) is 4. The van der Waals surface area contributed by atoms with Crippen molar-refractivity contribution in [3.63, 3.8) is 0 Å². The fraction of sp³-hybridized carbons (Fsp3) is 0.148. The third kappa shape index (κ3) is 4.66. The summed E-state index contributed by atoms with van der Waals surface area (Å²) in [5.74, 6) is 0.128. The van der Waals surface area contributed by atoms with E-state index in [1.165, 1.54) is 12.1 Å². The highest BCUT2D eigenvalue weighted by Crippen LogP contribution is 2.40. The lowest BCUT2D eigenvalue weighted by atomic mass is 9.96. The van der Waals surface area contributed by atoms with Gasteiger partial charge in [0, 0.05) is 38.7 Å². The van der Waals surface area contributed by atoms with Crippen molar-refractivity contribution in [2.24, 2.45) is 0 Å². The van der Waals surface area contributed by atoms with Crippen LogP contribution in [0.15, 0.2) is 76.2 Å². The first-order chi connectivity index (χ1) is 15.9. The van der Waals surface area contributed by atoms with Gasteiger partial charge in [-0.3, -0.25) is 4.79 Å². The van der Waals surface area contributed by atoms with Gasteiger partial charge >= 0.3 is 0 Å². The molecule has 0 fully saturated rings. The van der Waals surface area contributed by atoms with Crippen LogP contribution in [0.3, 0.4) is 0 Å². The van der Waals surface area contributed by atoms with E-state index in [9.17, 15) is 9.18 Å². The molecule has 4 aromatic rings. The number of aryl methyl sites for hydroxylation is 1. The third-order valence-electron chi connectivity index (χ3n) is 5.51. The number of rotatable bonds is 6. The van der Waals surface area contributed by atoms with Crippen LogP contribution in [0.4, 0.5) is 10.1 Å². The van der Waals surface area contributed by atoms with Gasteiger partial charge in [0.05, 0.1) is 13.4 Å². The van der Waals surface area contributed by atoms with E-state index in [4.69, 9.17) is 9.15 Å². The van der Waals surface area contributed by atoms with Crippen LogP contribution in [0.25, 0.3) is 27.7 Å². The smallest absolute Gasteiger partial charge is 0.248 e. The van der Waals surface area contributed by atoms with E-state index in [1.54, 1.807) is 43.3 Å². The van der Waals surface area contributed by atoms with Crippen LogP contribution in [-0.2, 0) is 4.79 Å². The highest BCUT2D eigenvalue weighted by atomic mass is 32.2. The van der Waals surface area contributed by atoms with E-state index < -0.39 is 0 Å². The minimum atomic E-state index is -0.294. The van der Waals surface area contributed by atoms with Crippen molar-refractivity contribution in [1.29, 1.82) is 0 Å². The molecular weight excluding hydrogens is 437 g/mol. The van der Waals surface area contributed by atoms with Gasteiger partial charge in [-0.1, -0.05) is 18.2 Å². The minimum absolute atomic E-state index is 0.225. The van der Waals surface area contributed by atoms with Gasteiger partial charge in [0.1, 0.15) is 17.1 Å². The number of methoxy groups -OCH3 is 1. The first kappa shape index (κ1) is 22.7. The zero-order chi connectivity index (χ0) is 23.5. The molecule has 0 unspecified atom stereocenters. The molecule has 4 rings (SSSR count). The van der Waals surface area contributed by atoms with Gasteiger partial charge in [-0.15, -0.1) is 11.8 Å². The molecule has 0 saturated carbocycles. The quantitative estimate of drug-likeness (QED) is 0.241. The van der Waals surface area contributed by atoms with E-state index in [-0.39, 0.29) is 11.7 Å². The molecule has 6 heteroatoms. The van der Waals surface area contributed by atoms with Gasteiger partial charge in [0.2, 0.25) is 5.91 Å². The number of furan rings is 1. The Morgan fingerprint density at radius 1 is 1.15 bits per heavy atom. The monoisotopic (exact) mass is 461 g/mol. The Bertz CT molecular complexity index is 1360. The van der Waals surface area contributed by atoms with Crippen LogP contribution < -0.4 is 10.1 Å². The van der Waals surface area contributed by atoms with E-state index in [0.29, 0.717) is 11.3 Å². The summed E-state index contributed by atoms with van der Waals surface area (Å²) in [4.78, 5) is 13.8. The van der Waals surface area contributed by atoms with Gasteiger partial charge in [0.25, 0.3) is 0 Å². The normalized spacial score (nSPS) is 11.6. The van der Waals surface area contributed by atoms with Crippen LogP contribution in [0.2, 0.25) is 0 Å². The molecule has 168 valence electrons. The van der Waals surface area contributed by atoms with Gasteiger partial charge in [0.15, 0.2) is 0 Å². The summed E-state index contributed by atoms with van der Waals surface area (Å²) < 4.78 is 24.9. The molecule has 0 aliphatic rings. The number of hydrogen-bond donors (Lipinski definition) is 1. The molecule has 33 heavy (non-hydrogen) atoms. The van der Waals surface area contributed by atoms with Crippen molar-refractivity contribution in [3.05, 3.63) is 83.9 Å². The van der Waals surface area contributed by atoms with Crippen LogP contribution in [0, 0.1) is 12.7 Å². The SMILES string of the molecule is COc1c(/C(C)=C/C(=O)Nc2cccc(SC)c2)cc2c(-c3ccc(F)cc3)coc2c1C. The number of allylic oxidation sites excluding steroid dienone is 1. The zero-order valence-corrected chi connectivity index (χ0v) is 19.7. The molecule has 0 radical (unpaired) electrons. The van der Waals surface area contributed by atoms with Crippen molar-refractivity contribution < 1.29 is 18.3 Å². The summed E-state index contributed by atoms with van der Waals surface area (Å²) in [7, 11) is 1.60. The first-order valence-corrected chi connectivity index (χ1v) is 11.6. The lowest BCUT2D eigenvalue weighted by Gasteiger charge is -2.13. The number of ether oxygens (including phenoxy) is 1. The van der Waals surface area contributed by atoms with Crippen molar-refractivity contribution in [1.82, 2.24) is 0 Å². The molecule has 1 amide bonds. The van der Waals surface area contributed by atoms with Gasteiger partial charge in [-0.05, 0) is 67.6 Å². The van der Waals surface area contributed by atoms with Crippen LogP contribution >= 0.6 is 11.8 Å². The average molecular weight is 462 g/mol. The molecule has 0 bridgehead atoms. The molecule has 1 N–H and O–H groups in total. The maximum atomic E-state index is 13.4. The molecule has 0 atom stereocenters. The van der Waals surface area contributed by atoms with Gasteiger partial charge < -0.3 is 14.5 Å². The highest BCUT2D eigenvalue weighted by Gasteiger charge is 2.19. The fourth-order valence-corrected chi connectivity index (χ4v) is 4.34. The molecule has 1 aromatic heterocycles. The number of carbonyl (C=O) groups is 1. The summed E-state index contributed by atoms with van der Waals surface area (Å²) in [5.41, 5.74) is 5.51. The second-order valence-corrected chi connectivity index (χ2v) is 8.54. The average Bonchev–Trinajstić information content (AvgIpc) is 3.24. The van der Waals surface area contributed by atoms with Crippen LogP contribution in [-0.4, -0.2) is 19.3 Å². The van der Waals surface area contributed by atoms with Gasteiger partial charge in [-0.25, -0.2) is 4.39 Å². The number of nitrogens with one attached hydrogen (secondary N) is 1. The Hall–Kier alpha value is -3.51. The molecule has 0 spiro atoms. The number of carbonyl (C=O) groups excluding carboxylic acids is 1. The van der Waals surface area contributed by atoms with Crippen LogP contribution in [0.1, 0.15) is 18.1 Å². The molecule has 4 nitrogen and oxygen atoms in total. The van der Waals surface area contributed by atoms with E-state index >= 15 is 0 Å². The Labute approximate surface area is 196 Å². The predicted octanol–water partition coefficient (Wildman–Crippen LogP) is 7.32.